The van der Waals surface area contributed by atoms with Gasteiger partial charge >= 0.3 is 0 Å². The van der Waals surface area contributed by atoms with Crippen molar-refractivity contribution in [1.29, 1.82) is 0 Å². The van der Waals surface area contributed by atoms with Crippen molar-refractivity contribution in [3.05, 3.63) is 18.2 Å². The van der Waals surface area contributed by atoms with Crippen LogP contribution in [0.5, 0.6) is 0 Å². The first-order valence-electron chi connectivity index (χ1n) is 4.67. The normalized spacial score (nSPS) is 22.4. The quantitative estimate of drug-likeness (QED) is 0.699. The summed E-state index contributed by atoms with van der Waals surface area (Å²) in [5, 5.41) is 0. The van der Waals surface area contributed by atoms with Crippen LogP contribution < -0.4 is 0 Å². The maximum absolute atomic E-state index is 11.8. The summed E-state index contributed by atoms with van der Waals surface area (Å²) in [5.74, 6) is 0.351. The van der Waals surface area contributed by atoms with Gasteiger partial charge in [0, 0.05) is 25.5 Å². The second-order valence-corrected chi connectivity index (χ2v) is 3.37. The molecule has 1 fully saturated rings. The molecule has 5 heteroatoms. The Hall–Kier alpha value is -1.36. The molecule has 1 amide bonds. The molecule has 1 saturated heterocycles. The largest absolute Gasteiger partial charge is 0.375 e. The van der Waals surface area contributed by atoms with E-state index in [1.165, 1.54) is 0 Å². The Morgan fingerprint density at radius 3 is 3.29 bits per heavy atom. The molecule has 1 aliphatic rings. The lowest BCUT2D eigenvalue weighted by Crippen LogP contribution is -2.44. The number of ether oxygens (including phenoxy) is 1. The summed E-state index contributed by atoms with van der Waals surface area (Å²) in [7, 11) is 0. The number of rotatable bonds is 1. The predicted molar refractivity (Wildman–Crippen MR) is 49.9 cm³/mol. The minimum Gasteiger partial charge on any atom is -0.375 e. The van der Waals surface area contributed by atoms with E-state index < -0.39 is 0 Å². The number of nitrogens with one attached hydrogen (secondary N) is 1. The summed E-state index contributed by atoms with van der Waals surface area (Å²) >= 11 is 0. The topological polar surface area (TPSA) is 58.2 Å². The fourth-order valence-corrected chi connectivity index (χ4v) is 1.53. The highest BCUT2D eigenvalue weighted by atomic mass is 16.5. The molecule has 0 radical (unpaired) electrons. The monoisotopic (exact) mass is 195 g/mol. The first-order chi connectivity index (χ1) is 6.77. The van der Waals surface area contributed by atoms with Crippen LogP contribution in [0.4, 0.5) is 0 Å². The van der Waals surface area contributed by atoms with Crippen LogP contribution in [0.3, 0.4) is 0 Å². The Morgan fingerprint density at radius 1 is 1.79 bits per heavy atom. The zero-order chi connectivity index (χ0) is 9.97. The molecule has 1 aromatic rings. The number of morpholine rings is 1. The molecule has 1 unspecified atom stereocenters. The summed E-state index contributed by atoms with van der Waals surface area (Å²) in [6.07, 6.45) is 3.34. The number of carbonyl (C=O) groups is 1. The Balaban J connectivity index is 2.04. The van der Waals surface area contributed by atoms with Crippen LogP contribution in [-0.2, 0) is 4.74 Å². The number of hydrogen-bond donors (Lipinski definition) is 1. The SMILES string of the molecule is CC1CN(C(=O)c2ncc[nH]2)CCO1. The third kappa shape index (κ3) is 1.77. The number of aromatic amines is 1. The molecule has 2 heterocycles. The van der Waals surface area contributed by atoms with E-state index >= 15 is 0 Å². The number of H-pyrrole nitrogens is 1. The molecule has 1 aromatic heterocycles. The van der Waals surface area contributed by atoms with Gasteiger partial charge in [-0.25, -0.2) is 4.98 Å². The van der Waals surface area contributed by atoms with Crippen LogP contribution in [-0.4, -0.2) is 46.6 Å². The molecule has 1 aliphatic heterocycles. The zero-order valence-corrected chi connectivity index (χ0v) is 8.06. The van der Waals surface area contributed by atoms with Crippen molar-refractivity contribution >= 4 is 5.91 Å². The van der Waals surface area contributed by atoms with Gasteiger partial charge in [-0.05, 0) is 6.92 Å². The maximum atomic E-state index is 11.8. The van der Waals surface area contributed by atoms with Gasteiger partial charge in [-0.1, -0.05) is 0 Å². The van der Waals surface area contributed by atoms with Crippen molar-refractivity contribution in [2.24, 2.45) is 0 Å². The van der Waals surface area contributed by atoms with Crippen molar-refractivity contribution in [2.75, 3.05) is 19.7 Å². The zero-order valence-electron chi connectivity index (χ0n) is 8.06. The number of imidazole rings is 1. The van der Waals surface area contributed by atoms with Gasteiger partial charge in [-0.15, -0.1) is 0 Å². The number of hydrogen-bond acceptors (Lipinski definition) is 3. The Morgan fingerprint density at radius 2 is 2.64 bits per heavy atom. The minimum atomic E-state index is -0.0508. The molecule has 0 aliphatic carbocycles. The fourth-order valence-electron chi connectivity index (χ4n) is 1.53. The lowest BCUT2D eigenvalue weighted by molar-refractivity contribution is -0.0128. The van der Waals surface area contributed by atoms with E-state index in [1.807, 2.05) is 6.92 Å². The van der Waals surface area contributed by atoms with E-state index in [0.29, 0.717) is 25.5 Å². The molecule has 5 nitrogen and oxygen atoms in total. The number of carbonyl (C=O) groups excluding carboxylic acids is 1. The molecular formula is C9H13N3O2. The minimum absolute atomic E-state index is 0.0508. The highest BCUT2D eigenvalue weighted by Crippen LogP contribution is 2.07. The van der Waals surface area contributed by atoms with E-state index in [0.717, 1.165) is 0 Å². The average molecular weight is 195 g/mol. The molecule has 0 aromatic carbocycles. The second kappa shape index (κ2) is 3.79. The first kappa shape index (κ1) is 9.21. The van der Waals surface area contributed by atoms with Crippen LogP contribution >= 0.6 is 0 Å². The molecule has 1 atom stereocenters. The van der Waals surface area contributed by atoms with Gasteiger partial charge in [0.2, 0.25) is 0 Å². The highest BCUT2D eigenvalue weighted by molar-refractivity contribution is 5.90. The predicted octanol–water partition coefficient (Wildman–Crippen LogP) is 0.271. The van der Waals surface area contributed by atoms with E-state index in [2.05, 4.69) is 9.97 Å². The summed E-state index contributed by atoms with van der Waals surface area (Å²) in [6, 6.07) is 0. The fraction of sp³-hybridized carbons (Fsp3) is 0.556. The number of amides is 1. The van der Waals surface area contributed by atoms with Crippen LogP contribution in [0.1, 0.15) is 17.5 Å². The summed E-state index contributed by atoms with van der Waals surface area (Å²) in [4.78, 5) is 20.3. The summed E-state index contributed by atoms with van der Waals surface area (Å²) in [6.45, 7) is 3.85. The first-order valence-corrected chi connectivity index (χ1v) is 4.67. The molecular weight excluding hydrogens is 182 g/mol. The Bertz CT molecular complexity index is 310. The molecule has 0 saturated carbocycles. The average Bonchev–Trinajstić information content (AvgIpc) is 2.69. The summed E-state index contributed by atoms with van der Waals surface area (Å²) in [5.41, 5.74) is 0. The van der Waals surface area contributed by atoms with Crippen LogP contribution in [0.25, 0.3) is 0 Å². The van der Waals surface area contributed by atoms with Crippen molar-refractivity contribution in [3.63, 3.8) is 0 Å². The van der Waals surface area contributed by atoms with Gasteiger partial charge in [-0.2, -0.15) is 0 Å². The maximum Gasteiger partial charge on any atom is 0.289 e. The van der Waals surface area contributed by atoms with Crippen molar-refractivity contribution < 1.29 is 9.53 Å². The van der Waals surface area contributed by atoms with Gasteiger partial charge in [-0.3, -0.25) is 4.79 Å². The van der Waals surface area contributed by atoms with Crippen molar-refractivity contribution in [3.8, 4) is 0 Å². The van der Waals surface area contributed by atoms with E-state index in [1.54, 1.807) is 17.3 Å². The Kier molecular flexibility index (Phi) is 2.49. The standard InChI is InChI=1S/C9H13N3O2/c1-7-6-12(4-5-14-7)9(13)8-10-2-3-11-8/h2-3,7H,4-6H2,1H3,(H,10,11). The molecule has 0 spiro atoms. The lowest BCUT2D eigenvalue weighted by atomic mass is 10.3. The van der Waals surface area contributed by atoms with Crippen LogP contribution in [0.15, 0.2) is 12.4 Å². The number of nitrogens with zero attached hydrogens (tertiary/aromatic N) is 2. The molecule has 2 rings (SSSR count). The third-order valence-corrected chi connectivity index (χ3v) is 2.23. The van der Waals surface area contributed by atoms with Crippen LogP contribution in [0, 0.1) is 0 Å². The lowest BCUT2D eigenvalue weighted by Gasteiger charge is -2.30. The van der Waals surface area contributed by atoms with Crippen molar-refractivity contribution in [2.45, 2.75) is 13.0 Å². The van der Waals surface area contributed by atoms with Crippen molar-refractivity contribution in [1.82, 2.24) is 14.9 Å². The molecule has 0 bridgehead atoms. The Labute approximate surface area is 82.1 Å². The van der Waals surface area contributed by atoms with Gasteiger partial charge in [0.1, 0.15) is 0 Å². The molecule has 1 N–H and O–H groups in total. The van der Waals surface area contributed by atoms with Gasteiger partial charge in [0.25, 0.3) is 5.91 Å². The molecule has 14 heavy (non-hydrogen) atoms. The van der Waals surface area contributed by atoms with Crippen LogP contribution in [0.2, 0.25) is 0 Å². The highest BCUT2D eigenvalue weighted by Gasteiger charge is 2.23. The van der Waals surface area contributed by atoms with Gasteiger partial charge in [0.15, 0.2) is 5.82 Å². The summed E-state index contributed by atoms with van der Waals surface area (Å²) < 4.78 is 5.35. The van der Waals surface area contributed by atoms with Gasteiger partial charge in [0.05, 0.1) is 12.7 Å². The van der Waals surface area contributed by atoms with E-state index in [-0.39, 0.29) is 12.0 Å². The third-order valence-electron chi connectivity index (χ3n) is 2.23. The van der Waals surface area contributed by atoms with Gasteiger partial charge < -0.3 is 14.6 Å². The smallest absolute Gasteiger partial charge is 0.289 e. The number of aromatic nitrogens is 2. The van der Waals surface area contributed by atoms with E-state index in [9.17, 15) is 4.79 Å². The second-order valence-electron chi connectivity index (χ2n) is 3.37. The van der Waals surface area contributed by atoms with E-state index in [4.69, 9.17) is 4.74 Å². The molecule has 76 valence electrons.